The maximum atomic E-state index is 13.5. The number of benzene rings is 3. The molecule has 4 rings (SSSR count). The molecule has 0 bridgehead atoms. The lowest BCUT2D eigenvalue weighted by Gasteiger charge is -2.26. The Kier molecular flexibility index (Phi) is 7.39. The summed E-state index contributed by atoms with van der Waals surface area (Å²) < 4.78 is 10.8. The van der Waals surface area contributed by atoms with E-state index in [9.17, 15) is 14.7 Å². The predicted octanol–water partition coefficient (Wildman–Crippen LogP) is 6.58. The van der Waals surface area contributed by atoms with Gasteiger partial charge in [-0.3, -0.25) is 14.5 Å². The predicted molar refractivity (Wildman–Crippen MR) is 145 cm³/mol. The van der Waals surface area contributed by atoms with E-state index in [0.717, 1.165) is 16.7 Å². The van der Waals surface area contributed by atoms with Crippen molar-refractivity contribution in [3.63, 3.8) is 0 Å². The number of rotatable bonds is 7. The lowest BCUT2D eigenvalue weighted by Crippen LogP contribution is -2.29. The van der Waals surface area contributed by atoms with Gasteiger partial charge in [-0.1, -0.05) is 64.1 Å². The quantitative estimate of drug-likeness (QED) is 0.226. The number of methoxy groups -OCH3 is 2. The second kappa shape index (κ2) is 10.5. The zero-order valence-corrected chi connectivity index (χ0v) is 22.1. The molecule has 1 fully saturated rings. The van der Waals surface area contributed by atoms with Gasteiger partial charge in [-0.25, -0.2) is 0 Å². The summed E-state index contributed by atoms with van der Waals surface area (Å²) in [5.74, 6) is -0.270. The van der Waals surface area contributed by atoms with Crippen molar-refractivity contribution < 1.29 is 24.2 Å². The van der Waals surface area contributed by atoms with Crippen LogP contribution in [-0.4, -0.2) is 31.0 Å². The van der Waals surface area contributed by atoms with Crippen LogP contribution in [0.5, 0.6) is 11.5 Å². The summed E-state index contributed by atoms with van der Waals surface area (Å²) in [7, 11) is 3.00. The first-order chi connectivity index (χ1) is 17.7. The number of hydrogen-bond acceptors (Lipinski definition) is 5. The lowest BCUT2D eigenvalue weighted by molar-refractivity contribution is -0.132. The fourth-order valence-electron chi connectivity index (χ4n) is 4.64. The highest BCUT2D eigenvalue weighted by Crippen LogP contribution is 2.44. The molecular weight excluding hydrogens is 466 g/mol. The Morgan fingerprint density at radius 3 is 1.89 bits per heavy atom. The molecule has 1 N–H and O–H groups in total. The van der Waals surface area contributed by atoms with Crippen molar-refractivity contribution in [2.75, 3.05) is 19.1 Å². The first kappa shape index (κ1) is 26.0. The Bertz CT molecular complexity index is 1340. The molecule has 0 radical (unpaired) electrons. The normalized spacial score (nSPS) is 17.1. The van der Waals surface area contributed by atoms with Gasteiger partial charge in [0.05, 0.1) is 31.4 Å². The molecule has 1 atom stereocenters. The van der Waals surface area contributed by atoms with Crippen molar-refractivity contribution in [2.24, 2.45) is 0 Å². The standard InChI is InChI=1S/C31H33NO5/c1-18(2)20-7-9-22(10-8-20)28-27(29(33)25-17-24(36-5)15-16-26(25)37-6)30(34)31(35)32(28)23-13-11-21(12-14-23)19(3)4/h7-19,28,33H,1-6H3/b29-27+. The average Bonchev–Trinajstić information content (AvgIpc) is 3.17. The number of aliphatic hydroxyl groups is 1. The Morgan fingerprint density at radius 1 is 0.811 bits per heavy atom. The number of ketones is 1. The molecular formula is C31H33NO5. The number of ether oxygens (including phenoxy) is 2. The molecule has 1 aliphatic heterocycles. The topological polar surface area (TPSA) is 76.1 Å². The molecule has 1 amide bonds. The minimum absolute atomic E-state index is 0.00165. The van der Waals surface area contributed by atoms with Gasteiger partial charge in [0.25, 0.3) is 11.7 Å². The third-order valence-electron chi connectivity index (χ3n) is 6.86. The van der Waals surface area contributed by atoms with Crippen LogP contribution in [0.1, 0.15) is 67.8 Å². The van der Waals surface area contributed by atoms with E-state index in [-0.39, 0.29) is 16.9 Å². The van der Waals surface area contributed by atoms with E-state index in [4.69, 9.17) is 9.47 Å². The van der Waals surface area contributed by atoms with Crippen molar-refractivity contribution >= 4 is 23.1 Å². The summed E-state index contributed by atoms with van der Waals surface area (Å²) in [6.45, 7) is 8.40. The van der Waals surface area contributed by atoms with Crippen molar-refractivity contribution in [2.45, 2.75) is 45.6 Å². The van der Waals surface area contributed by atoms with Crippen LogP contribution >= 0.6 is 0 Å². The Morgan fingerprint density at radius 2 is 1.38 bits per heavy atom. The number of aliphatic hydroxyl groups excluding tert-OH is 1. The number of amides is 1. The summed E-state index contributed by atoms with van der Waals surface area (Å²) in [6.07, 6.45) is 0. The van der Waals surface area contributed by atoms with E-state index >= 15 is 0 Å². The molecule has 1 aliphatic rings. The van der Waals surface area contributed by atoms with Gasteiger partial charge in [0.15, 0.2) is 0 Å². The van der Waals surface area contributed by atoms with Gasteiger partial charge < -0.3 is 14.6 Å². The van der Waals surface area contributed by atoms with Gasteiger partial charge in [-0.2, -0.15) is 0 Å². The molecule has 6 heteroatoms. The molecule has 1 saturated heterocycles. The highest BCUT2D eigenvalue weighted by molar-refractivity contribution is 6.51. The largest absolute Gasteiger partial charge is 0.507 e. The van der Waals surface area contributed by atoms with E-state index in [0.29, 0.717) is 29.0 Å². The molecule has 192 valence electrons. The monoisotopic (exact) mass is 499 g/mol. The number of anilines is 1. The Labute approximate surface area is 218 Å². The third-order valence-corrected chi connectivity index (χ3v) is 6.86. The highest BCUT2D eigenvalue weighted by atomic mass is 16.5. The zero-order valence-electron chi connectivity index (χ0n) is 22.1. The number of nitrogens with zero attached hydrogens (tertiary/aromatic N) is 1. The fraction of sp³-hybridized carbons (Fsp3) is 0.290. The van der Waals surface area contributed by atoms with E-state index in [1.54, 1.807) is 18.2 Å². The zero-order chi connectivity index (χ0) is 26.9. The number of carbonyl (C=O) groups excluding carboxylic acids is 2. The summed E-state index contributed by atoms with van der Waals surface area (Å²) in [5, 5.41) is 11.5. The smallest absolute Gasteiger partial charge is 0.300 e. The average molecular weight is 500 g/mol. The van der Waals surface area contributed by atoms with Gasteiger partial charge in [-0.15, -0.1) is 0 Å². The van der Waals surface area contributed by atoms with Crippen molar-refractivity contribution in [1.29, 1.82) is 0 Å². The minimum Gasteiger partial charge on any atom is -0.507 e. The minimum atomic E-state index is -0.818. The number of hydrogen-bond donors (Lipinski definition) is 1. The first-order valence-corrected chi connectivity index (χ1v) is 12.4. The van der Waals surface area contributed by atoms with E-state index in [1.165, 1.54) is 19.1 Å². The Hall–Kier alpha value is -4.06. The van der Waals surface area contributed by atoms with E-state index in [2.05, 4.69) is 27.7 Å². The second-order valence-corrected chi connectivity index (χ2v) is 9.80. The molecule has 0 aliphatic carbocycles. The molecule has 1 heterocycles. The van der Waals surface area contributed by atoms with Crippen LogP contribution in [0.15, 0.2) is 72.3 Å². The summed E-state index contributed by atoms with van der Waals surface area (Å²) in [6, 6.07) is 19.6. The Balaban J connectivity index is 1.94. The second-order valence-electron chi connectivity index (χ2n) is 9.80. The molecule has 0 spiro atoms. The van der Waals surface area contributed by atoms with Gasteiger partial charge >= 0.3 is 0 Å². The SMILES string of the molecule is COc1ccc(OC)c(/C(O)=C2\C(=O)C(=O)N(c3ccc(C(C)C)cc3)C2c2ccc(C(C)C)cc2)c1. The van der Waals surface area contributed by atoms with Crippen molar-refractivity contribution in [3.8, 4) is 11.5 Å². The van der Waals surface area contributed by atoms with Gasteiger partial charge in [0.1, 0.15) is 17.3 Å². The first-order valence-electron chi connectivity index (χ1n) is 12.4. The number of Topliss-reactive ketones (excluding diaryl/α,β-unsaturated/α-hetero) is 1. The van der Waals surface area contributed by atoms with Gasteiger partial charge in [0, 0.05) is 5.69 Å². The van der Waals surface area contributed by atoms with Gasteiger partial charge in [-0.05, 0) is 58.9 Å². The summed E-state index contributed by atoms with van der Waals surface area (Å²) >= 11 is 0. The fourth-order valence-corrected chi connectivity index (χ4v) is 4.64. The van der Waals surface area contributed by atoms with Crippen LogP contribution in [0.25, 0.3) is 5.76 Å². The lowest BCUT2D eigenvalue weighted by atomic mass is 9.92. The molecule has 6 nitrogen and oxygen atoms in total. The maximum absolute atomic E-state index is 13.5. The number of carbonyl (C=O) groups is 2. The molecule has 37 heavy (non-hydrogen) atoms. The summed E-state index contributed by atoms with van der Waals surface area (Å²) in [4.78, 5) is 28.5. The van der Waals surface area contributed by atoms with Gasteiger partial charge in [0.2, 0.25) is 0 Å². The van der Waals surface area contributed by atoms with Crippen LogP contribution in [-0.2, 0) is 9.59 Å². The highest BCUT2D eigenvalue weighted by Gasteiger charge is 2.47. The molecule has 0 saturated carbocycles. The van der Waals surface area contributed by atoms with Crippen LogP contribution in [0.4, 0.5) is 5.69 Å². The van der Waals surface area contributed by atoms with Crippen LogP contribution in [0.2, 0.25) is 0 Å². The van der Waals surface area contributed by atoms with Crippen LogP contribution in [0, 0.1) is 0 Å². The van der Waals surface area contributed by atoms with Crippen LogP contribution in [0.3, 0.4) is 0 Å². The summed E-state index contributed by atoms with van der Waals surface area (Å²) in [5.41, 5.74) is 3.84. The molecule has 3 aromatic carbocycles. The van der Waals surface area contributed by atoms with Crippen LogP contribution < -0.4 is 14.4 Å². The molecule has 3 aromatic rings. The molecule has 1 unspecified atom stereocenters. The maximum Gasteiger partial charge on any atom is 0.300 e. The van der Waals surface area contributed by atoms with Crippen molar-refractivity contribution in [3.05, 3.63) is 94.6 Å². The van der Waals surface area contributed by atoms with E-state index < -0.39 is 17.7 Å². The third kappa shape index (κ3) is 4.84. The van der Waals surface area contributed by atoms with Crippen molar-refractivity contribution in [1.82, 2.24) is 0 Å². The van der Waals surface area contributed by atoms with E-state index in [1.807, 2.05) is 48.5 Å². The molecule has 0 aromatic heterocycles.